The maximum absolute atomic E-state index is 11.1. The first kappa shape index (κ1) is 12.6. The molecule has 2 N–H and O–H groups in total. The van der Waals surface area contributed by atoms with Crippen LogP contribution in [0.15, 0.2) is 29.2 Å². The Labute approximate surface area is 99.6 Å². The molecule has 1 rings (SSSR count). The van der Waals surface area contributed by atoms with Crippen LogP contribution in [0.1, 0.15) is 5.56 Å². The van der Waals surface area contributed by atoms with E-state index in [1.165, 1.54) is 0 Å². The van der Waals surface area contributed by atoms with Gasteiger partial charge in [-0.2, -0.15) is 0 Å². The molecule has 1 aromatic rings. The van der Waals surface area contributed by atoms with Crippen LogP contribution < -0.4 is 5.14 Å². The molecule has 1 unspecified atom stereocenters. The zero-order chi connectivity index (χ0) is 8.48. The molecule has 0 saturated heterocycles. The van der Waals surface area contributed by atoms with Crippen molar-refractivity contribution in [2.24, 2.45) is 5.14 Å². The van der Waals surface area contributed by atoms with Crippen molar-refractivity contribution in [3.8, 4) is 0 Å². The topological polar surface area (TPSA) is 43.1 Å². The van der Waals surface area contributed by atoms with Gasteiger partial charge in [0.1, 0.15) is 8.68 Å². The summed E-state index contributed by atoms with van der Waals surface area (Å²) < 4.78 is 11.1. The SMILES string of the molecule is Cc1ccc(S(N)(=O)=S)cc1.[Na]. The molecule has 0 spiro atoms. The number of nitrogens with two attached hydrogens (primary N) is 1. The molecule has 0 bridgehead atoms. The Balaban J connectivity index is 0.00000121. The van der Waals surface area contributed by atoms with Crippen LogP contribution >= 0.6 is 0 Å². The molecule has 2 nitrogen and oxygen atoms in total. The molecule has 1 atom stereocenters. The van der Waals surface area contributed by atoms with Crippen LogP contribution in [0.2, 0.25) is 0 Å². The van der Waals surface area contributed by atoms with Gasteiger partial charge < -0.3 is 0 Å². The van der Waals surface area contributed by atoms with Crippen molar-refractivity contribution < 1.29 is 4.21 Å². The molecule has 0 aliphatic rings. The van der Waals surface area contributed by atoms with E-state index in [4.69, 9.17) is 5.14 Å². The molecular formula is C7H9NNaOS2. The van der Waals surface area contributed by atoms with Gasteiger partial charge in [0.25, 0.3) is 0 Å². The summed E-state index contributed by atoms with van der Waals surface area (Å²) >= 11 is 4.60. The molecular weight excluding hydrogens is 201 g/mol. The summed E-state index contributed by atoms with van der Waals surface area (Å²) in [5.74, 6) is 0. The maximum Gasteiger partial charge on any atom is 0.116 e. The van der Waals surface area contributed by atoms with Crippen molar-refractivity contribution in [2.75, 3.05) is 0 Å². The van der Waals surface area contributed by atoms with Gasteiger partial charge in [-0.05, 0) is 19.1 Å². The van der Waals surface area contributed by atoms with E-state index in [0.717, 1.165) is 5.56 Å². The fraction of sp³-hybridized carbons (Fsp3) is 0.143. The van der Waals surface area contributed by atoms with Gasteiger partial charge in [-0.15, -0.1) is 0 Å². The van der Waals surface area contributed by atoms with E-state index in [1.54, 1.807) is 12.1 Å². The minimum absolute atomic E-state index is 0. The summed E-state index contributed by atoms with van der Waals surface area (Å²) in [4.78, 5) is 0.526. The summed E-state index contributed by atoms with van der Waals surface area (Å²) in [7, 11) is -2.69. The zero-order valence-corrected chi connectivity index (χ0v) is 10.7. The van der Waals surface area contributed by atoms with Gasteiger partial charge >= 0.3 is 0 Å². The van der Waals surface area contributed by atoms with Gasteiger partial charge in [0, 0.05) is 40.7 Å². The van der Waals surface area contributed by atoms with Gasteiger partial charge in [0.05, 0.1) is 4.90 Å². The number of aryl methyl sites for hydroxylation is 1. The van der Waals surface area contributed by atoms with Crippen molar-refractivity contribution in [3.63, 3.8) is 0 Å². The normalized spacial score (nSPS) is 14.5. The molecule has 0 aromatic heterocycles. The Morgan fingerprint density at radius 2 is 1.75 bits per heavy atom. The Morgan fingerprint density at radius 3 is 2.08 bits per heavy atom. The number of rotatable bonds is 1. The van der Waals surface area contributed by atoms with E-state index in [1.807, 2.05) is 19.1 Å². The van der Waals surface area contributed by atoms with E-state index < -0.39 is 8.68 Å². The molecule has 61 valence electrons. The smallest absolute Gasteiger partial charge is 0.116 e. The summed E-state index contributed by atoms with van der Waals surface area (Å²) in [5, 5.41) is 5.25. The average Bonchev–Trinajstić information content (AvgIpc) is 1.86. The molecule has 1 radical (unpaired) electrons. The predicted molar refractivity (Wildman–Crippen MR) is 54.9 cm³/mol. The molecule has 0 heterocycles. The third kappa shape index (κ3) is 3.51. The molecule has 0 amide bonds. The van der Waals surface area contributed by atoms with Crippen molar-refractivity contribution in [1.82, 2.24) is 0 Å². The Kier molecular flexibility index (Phi) is 4.91. The van der Waals surface area contributed by atoms with Crippen LogP contribution in [0, 0.1) is 6.92 Å². The van der Waals surface area contributed by atoms with Crippen LogP contribution in [-0.4, -0.2) is 33.8 Å². The summed E-state index contributed by atoms with van der Waals surface area (Å²) in [6.45, 7) is 1.95. The van der Waals surface area contributed by atoms with Crippen molar-refractivity contribution in [1.29, 1.82) is 0 Å². The van der Waals surface area contributed by atoms with Crippen LogP contribution in [0.3, 0.4) is 0 Å². The van der Waals surface area contributed by atoms with Crippen LogP contribution in [-0.2, 0) is 19.9 Å². The fourth-order valence-electron chi connectivity index (χ4n) is 0.728. The number of hydrogen-bond acceptors (Lipinski definition) is 2. The number of benzene rings is 1. The van der Waals surface area contributed by atoms with Gasteiger partial charge in [0.15, 0.2) is 0 Å². The van der Waals surface area contributed by atoms with Crippen molar-refractivity contribution >= 4 is 49.4 Å². The van der Waals surface area contributed by atoms with Gasteiger partial charge in [-0.1, -0.05) is 17.7 Å². The molecule has 0 fully saturated rings. The Bertz CT molecular complexity index is 344. The van der Waals surface area contributed by atoms with Crippen LogP contribution in [0.25, 0.3) is 0 Å². The minimum Gasteiger partial charge on any atom is -0.247 e. The average molecular weight is 210 g/mol. The third-order valence-corrected chi connectivity index (χ3v) is 2.86. The molecule has 0 aliphatic heterocycles. The second kappa shape index (κ2) is 4.69. The second-order valence-corrected chi connectivity index (χ2v) is 5.41. The number of hydrogen-bond donors (Lipinski definition) is 1. The van der Waals surface area contributed by atoms with E-state index in [0.29, 0.717) is 4.90 Å². The van der Waals surface area contributed by atoms with Gasteiger partial charge in [-0.3, -0.25) is 0 Å². The van der Waals surface area contributed by atoms with Crippen LogP contribution in [0.4, 0.5) is 0 Å². The standard InChI is InChI=1S/C7H9NOS2.Na/c1-6-2-4-7(5-3-6)11(8,9)10;/h2-5H,1H3,(H2,8,9,10);. The van der Waals surface area contributed by atoms with E-state index in [9.17, 15) is 4.21 Å². The van der Waals surface area contributed by atoms with Crippen molar-refractivity contribution in [3.05, 3.63) is 29.8 Å². The summed E-state index contributed by atoms with van der Waals surface area (Å²) in [6, 6.07) is 7.08. The second-order valence-electron chi connectivity index (χ2n) is 2.36. The first-order chi connectivity index (χ1) is 5.00. The quantitative estimate of drug-likeness (QED) is 0.689. The Morgan fingerprint density at radius 1 is 1.33 bits per heavy atom. The molecule has 1 aromatic carbocycles. The first-order valence-corrected chi connectivity index (χ1v) is 5.64. The zero-order valence-electron chi connectivity index (χ0n) is 7.11. The van der Waals surface area contributed by atoms with E-state index in [-0.39, 0.29) is 29.6 Å². The van der Waals surface area contributed by atoms with E-state index in [2.05, 4.69) is 11.2 Å². The first-order valence-electron chi connectivity index (χ1n) is 3.09. The van der Waals surface area contributed by atoms with Crippen LogP contribution in [0.5, 0.6) is 0 Å². The fourth-order valence-corrected chi connectivity index (χ4v) is 1.58. The van der Waals surface area contributed by atoms with Gasteiger partial charge in [0.2, 0.25) is 0 Å². The summed E-state index contributed by atoms with van der Waals surface area (Å²) in [5.41, 5.74) is 1.10. The van der Waals surface area contributed by atoms with E-state index >= 15 is 0 Å². The largest absolute Gasteiger partial charge is 0.247 e. The van der Waals surface area contributed by atoms with Gasteiger partial charge in [-0.25, -0.2) is 9.35 Å². The molecule has 0 aliphatic carbocycles. The molecule has 5 heteroatoms. The van der Waals surface area contributed by atoms with Crippen molar-refractivity contribution in [2.45, 2.75) is 11.8 Å². The molecule has 0 saturated carbocycles. The summed E-state index contributed by atoms with van der Waals surface area (Å²) in [6.07, 6.45) is 0. The minimum atomic E-state index is -2.69. The maximum atomic E-state index is 11.1. The monoisotopic (exact) mass is 210 g/mol. The predicted octanol–water partition coefficient (Wildman–Crippen LogP) is 0.593. The Hall–Kier alpha value is 0.550. The molecule has 12 heavy (non-hydrogen) atoms. The third-order valence-electron chi connectivity index (χ3n) is 1.35.